The lowest BCUT2D eigenvalue weighted by atomic mass is 9.84. The summed E-state index contributed by atoms with van der Waals surface area (Å²) in [5.74, 6) is 1.79. The van der Waals surface area contributed by atoms with E-state index in [1.165, 1.54) is 76.5 Å². The molecule has 0 aliphatic carbocycles. The van der Waals surface area contributed by atoms with Crippen molar-refractivity contribution in [2.24, 2.45) is 0 Å². The van der Waals surface area contributed by atoms with Crippen LogP contribution >= 0.6 is 0 Å². The van der Waals surface area contributed by atoms with Crippen molar-refractivity contribution >= 4 is 43.1 Å². The zero-order valence-electron chi connectivity index (χ0n) is 25.6. The Morgan fingerprint density at radius 3 is 1.64 bits per heavy atom. The third kappa shape index (κ3) is 3.90. The van der Waals surface area contributed by atoms with E-state index in [1.54, 1.807) is 0 Å². The van der Waals surface area contributed by atoms with E-state index in [4.69, 9.17) is 4.74 Å². The topological polar surface area (TPSA) is 9.23 Å². The average Bonchev–Trinajstić information content (AvgIpc) is 3.14. The van der Waals surface area contributed by atoms with Gasteiger partial charge < -0.3 is 4.74 Å². The smallest absolute Gasteiger partial charge is 0.135 e. The summed E-state index contributed by atoms with van der Waals surface area (Å²) in [7, 11) is 0. The molecule has 0 radical (unpaired) electrons. The van der Waals surface area contributed by atoms with Crippen LogP contribution in [0.25, 0.3) is 87.6 Å². The van der Waals surface area contributed by atoms with E-state index in [0.717, 1.165) is 22.6 Å². The van der Waals surface area contributed by atoms with Crippen molar-refractivity contribution in [1.82, 2.24) is 0 Å². The quantitative estimate of drug-likeness (QED) is 0.184. The summed E-state index contributed by atoms with van der Waals surface area (Å²) >= 11 is 0. The second-order valence-corrected chi connectivity index (χ2v) is 12.4. The third-order valence-corrected chi connectivity index (χ3v) is 9.86. The fraction of sp³-hybridized carbons (Fsp3) is 0. The molecular formula is C46H28O. The van der Waals surface area contributed by atoms with E-state index in [1.807, 2.05) is 0 Å². The van der Waals surface area contributed by atoms with Gasteiger partial charge in [-0.3, -0.25) is 0 Å². The van der Waals surface area contributed by atoms with Crippen LogP contribution < -0.4 is 4.74 Å². The first-order valence-electron chi connectivity index (χ1n) is 16.2. The third-order valence-electron chi connectivity index (χ3n) is 9.86. The number of hydrogen-bond acceptors (Lipinski definition) is 1. The van der Waals surface area contributed by atoms with Crippen LogP contribution in [0.1, 0.15) is 0 Å². The number of benzene rings is 9. The Bertz CT molecular complexity index is 2640. The normalized spacial score (nSPS) is 12.0. The van der Waals surface area contributed by atoms with E-state index in [0.29, 0.717) is 0 Å². The second-order valence-electron chi connectivity index (χ2n) is 12.4. The van der Waals surface area contributed by atoms with Crippen molar-refractivity contribution in [1.29, 1.82) is 0 Å². The van der Waals surface area contributed by atoms with Gasteiger partial charge in [-0.25, -0.2) is 0 Å². The molecular weight excluding hydrogens is 569 g/mol. The van der Waals surface area contributed by atoms with Gasteiger partial charge in [0.2, 0.25) is 0 Å². The highest BCUT2D eigenvalue weighted by Crippen LogP contribution is 2.51. The van der Waals surface area contributed by atoms with Gasteiger partial charge in [-0.05, 0) is 94.8 Å². The standard InChI is InChI=1S/C46H28O/c1-2-12-29(13-3-1)33-26-27-41-34-25-24-31(28-43(34)47-42-23-11-22-36(33)46(41)42)44-37-17-6-8-19-39(37)45(40-20-9-7-18-38(40)44)35-21-10-15-30-14-4-5-16-32(30)35/h1-28H. The predicted octanol–water partition coefficient (Wildman–Crippen LogP) is 13.1. The molecule has 1 heteroatoms. The van der Waals surface area contributed by atoms with Crippen LogP contribution in [0.5, 0.6) is 11.5 Å². The summed E-state index contributed by atoms with van der Waals surface area (Å²) < 4.78 is 6.77. The van der Waals surface area contributed by atoms with E-state index in [2.05, 4.69) is 170 Å². The first-order valence-corrected chi connectivity index (χ1v) is 16.2. The summed E-state index contributed by atoms with van der Waals surface area (Å²) in [6.45, 7) is 0. The zero-order valence-corrected chi connectivity index (χ0v) is 25.6. The maximum absolute atomic E-state index is 6.77. The molecule has 0 bridgehead atoms. The molecule has 0 saturated carbocycles. The number of ether oxygens (including phenoxy) is 1. The van der Waals surface area contributed by atoms with E-state index >= 15 is 0 Å². The average molecular weight is 597 g/mol. The Morgan fingerprint density at radius 1 is 0.298 bits per heavy atom. The fourth-order valence-electron chi connectivity index (χ4n) is 7.83. The molecule has 1 aliphatic heterocycles. The zero-order chi connectivity index (χ0) is 30.9. The van der Waals surface area contributed by atoms with Gasteiger partial charge >= 0.3 is 0 Å². The van der Waals surface area contributed by atoms with Crippen LogP contribution in [0.3, 0.4) is 0 Å². The van der Waals surface area contributed by atoms with Crippen LogP contribution in [0, 0.1) is 0 Å². The minimum atomic E-state index is 0.890. The molecule has 1 nitrogen and oxygen atoms in total. The van der Waals surface area contributed by atoms with Gasteiger partial charge in [-0.1, -0.05) is 152 Å². The molecule has 218 valence electrons. The summed E-state index contributed by atoms with van der Waals surface area (Å²) in [5, 5.41) is 9.87. The van der Waals surface area contributed by atoms with E-state index < -0.39 is 0 Å². The molecule has 1 heterocycles. The molecule has 9 aromatic carbocycles. The van der Waals surface area contributed by atoms with Crippen LogP contribution in [-0.4, -0.2) is 0 Å². The molecule has 0 aromatic heterocycles. The van der Waals surface area contributed by atoms with Gasteiger partial charge in [0.1, 0.15) is 11.5 Å². The molecule has 0 spiro atoms. The summed E-state index contributed by atoms with van der Waals surface area (Å²) in [6.07, 6.45) is 0. The molecule has 0 amide bonds. The Morgan fingerprint density at radius 2 is 0.872 bits per heavy atom. The van der Waals surface area contributed by atoms with Gasteiger partial charge in [0, 0.05) is 10.9 Å². The molecule has 0 saturated heterocycles. The van der Waals surface area contributed by atoms with E-state index in [9.17, 15) is 0 Å². The Labute approximate surface area is 272 Å². The molecule has 0 N–H and O–H groups in total. The highest BCUT2D eigenvalue weighted by atomic mass is 16.5. The number of fused-ring (bicyclic) bond motifs is 5. The Balaban J connectivity index is 1.21. The van der Waals surface area contributed by atoms with Crippen LogP contribution in [0.2, 0.25) is 0 Å². The molecule has 0 fully saturated rings. The first-order chi connectivity index (χ1) is 23.3. The maximum atomic E-state index is 6.77. The Hall–Kier alpha value is -6.18. The lowest BCUT2D eigenvalue weighted by Gasteiger charge is -2.24. The molecule has 0 unspecified atom stereocenters. The number of rotatable bonds is 3. The fourth-order valence-corrected chi connectivity index (χ4v) is 7.83. The summed E-state index contributed by atoms with van der Waals surface area (Å²) in [4.78, 5) is 0. The second kappa shape index (κ2) is 10.2. The van der Waals surface area contributed by atoms with Crippen LogP contribution in [0.15, 0.2) is 170 Å². The van der Waals surface area contributed by atoms with Crippen LogP contribution in [0.4, 0.5) is 0 Å². The van der Waals surface area contributed by atoms with Gasteiger partial charge in [0.15, 0.2) is 0 Å². The Kier molecular flexibility index (Phi) is 5.64. The minimum absolute atomic E-state index is 0.890. The van der Waals surface area contributed by atoms with Crippen molar-refractivity contribution < 1.29 is 4.74 Å². The van der Waals surface area contributed by atoms with Gasteiger partial charge in [-0.15, -0.1) is 0 Å². The molecule has 10 rings (SSSR count). The van der Waals surface area contributed by atoms with Crippen molar-refractivity contribution in [3.05, 3.63) is 170 Å². The van der Waals surface area contributed by atoms with Crippen LogP contribution in [-0.2, 0) is 0 Å². The SMILES string of the molecule is c1ccc(-c2ccc3c4c(cccc24)Oc2cc(-c4c5ccccc5c(-c5cccc6ccccc56)c5ccccc45)ccc2-3)cc1. The largest absolute Gasteiger partial charge is 0.456 e. The van der Waals surface area contributed by atoms with Gasteiger partial charge in [0.25, 0.3) is 0 Å². The summed E-state index contributed by atoms with van der Waals surface area (Å²) in [6, 6.07) is 61.4. The highest BCUT2D eigenvalue weighted by Gasteiger charge is 2.24. The maximum Gasteiger partial charge on any atom is 0.135 e. The van der Waals surface area contributed by atoms with Crippen molar-refractivity contribution in [2.75, 3.05) is 0 Å². The highest BCUT2D eigenvalue weighted by molar-refractivity contribution is 6.23. The van der Waals surface area contributed by atoms with E-state index in [-0.39, 0.29) is 0 Å². The predicted molar refractivity (Wildman–Crippen MR) is 198 cm³/mol. The lowest BCUT2D eigenvalue weighted by Crippen LogP contribution is -1.99. The van der Waals surface area contributed by atoms with Crippen molar-refractivity contribution in [2.45, 2.75) is 0 Å². The molecule has 1 aliphatic rings. The molecule has 0 atom stereocenters. The molecule has 47 heavy (non-hydrogen) atoms. The van der Waals surface area contributed by atoms with Gasteiger partial charge in [-0.2, -0.15) is 0 Å². The van der Waals surface area contributed by atoms with Crippen molar-refractivity contribution in [3.63, 3.8) is 0 Å². The summed E-state index contributed by atoms with van der Waals surface area (Å²) in [5.41, 5.74) is 9.69. The first kappa shape index (κ1) is 26.1. The van der Waals surface area contributed by atoms with Gasteiger partial charge in [0.05, 0.1) is 0 Å². The van der Waals surface area contributed by atoms with Crippen molar-refractivity contribution in [3.8, 4) is 56.0 Å². The lowest BCUT2D eigenvalue weighted by molar-refractivity contribution is 0.487. The number of hydrogen-bond donors (Lipinski definition) is 0. The monoisotopic (exact) mass is 596 g/mol. The molecule has 9 aromatic rings. The minimum Gasteiger partial charge on any atom is -0.456 e.